The molecule has 0 aliphatic heterocycles. The second kappa shape index (κ2) is 11.7. The van der Waals surface area contributed by atoms with Crippen molar-refractivity contribution in [2.75, 3.05) is 0 Å². The van der Waals surface area contributed by atoms with Crippen molar-refractivity contribution in [2.24, 2.45) is 7.05 Å². The molecule has 51 heavy (non-hydrogen) atoms. The van der Waals surface area contributed by atoms with E-state index in [9.17, 15) is 0 Å². The van der Waals surface area contributed by atoms with Crippen LogP contribution in [0.2, 0.25) is 0 Å². The predicted octanol–water partition coefficient (Wildman–Crippen LogP) is 12.3. The molecule has 0 bridgehead atoms. The number of pyridine rings is 1. The molecule has 3 aromatic heterocycles. The lowest BCUT2D eigenvalue weighted by Gasteiger charge is -2.21. The van der Waals surface area contributed by atoms with Gasteiger partial charge in [-0.05, 0) is 78.0 Å². The van der Waals surface area contributed by atoms with Gasteiger partial charge in [0.2, 0.25) is 0 Å². The molecule has 0 fully saturated rings. The highest BCUT2D eigenvalue weighted by Gasteiger charge is 2.34. The molecule has 4 heteroatoms. The molecule has 0 amide bonds. The third-order valence-corrected chi connectivity index (χ3v) is 10.7. The average Bonchev–Trinajstić information content (AvgIpc) is 3.66. The number of nitrogens with zero attached hydrogens (tertiary/aromatic N) is 3. The number of furan rings is 1. The van der Waals surface area contributed by atoms with Gasteiger partial charge in [-0.15, -0.1) is 0 Å². The molecule has 0 unspecified atom stereocenters. The maximum absolute atomic E-state index is 8.27. The van der Waals surface area contributed by atoms with Crippen molar-refractivity contribution < 1.29 is 13.1 Å². The number of hydrogen-bond acceptors (Lipinski definition) is 2. The highest BCUT2D eigenvalue weighted by atomic mass is 16.3. The lowest BCUT2D eigenvalue weighted by Crippen LogP contribution is -2.30. The Morgan fingerprint density at radius 2 is 1.37 bits per heavy atom. The standard InChI is InChI=1S/C47H42N3O/c1-27(2)36-23-32(31-15-9-8-10-16-31)24-37(28(3)4)45(36)50-42-20-14-13-19-41(42)49(7)47(50)44-29(5)21-22-35-39-25-38-34-18-12-11-17-33(34)30(6)48-40(38)26-43(39)51-46(35)44/h8-28H,1-7H3/q+1/i6D3. The number of hydrogen-bond donors (Lipinski definition) is 0. The van der Waals surface area contributed by atoms with Crippen LogP contribution in [0.1, 0.15) is 66.0 Å². The van der Waals surface area contributed by atoms with Crippen molar-refractivity contribution in [3.05, 3.63) is 138 Å². The van der Waals surface area contributed by atoms with Crippen LogP contribution in [0.3, 0.4) is 0 Å². The summed E-state index contributed by atoms with van der Waals surface area (Å²) in [4.78, 5) is 4.74. The predicted molar refractivity (Wildman–Crippen MR) is 213 cm³/mol. The molecule has 250 valence electrons. The molecule has 0 radical (unpaired) electrons. The van der Waals surface area contributed by atoms with Crippen molar-refractivity contribution in [3.8, 4) is 28.2 Å². The molecule has 0 spiro atoms. The molecule has 9 aromatic rings. The minimum atomic E-state index is -2.36. The largest absolute Gasteiger partial charge is 0.455 e. The molecule has 4 nitrogen and oxygen atoms in total. The number of aromatic nitrogens is 3. The molecule has 6 aromatic carbocycles. The molecule has 0 aliphatic rings. The Morgan fingerprint density at radius 1 is 0.686 bits per heavy atom. The SMILES string of the molecule is [2H]C([2H])([2H])c1nc2cc3oc4c(-c5n(-c6c(C(C)C)cc(-c7ccccc7)cc6C(C)C)c6ccccc6[n+]5C)c(C)ccc4c3cc2c2ccccc12. The third kappa shape index (κ3) is 4.73. The van der Waals surface area contributed by atoms with Gasteiger partial charge in [-0.2, -0.15) is 4.57 Å². The number of imidazole rings is 1. The molecular formula is C47H42N3O+. The van der Waals surface area contributed by atoms with E-state index in [4.69, 9.17) is 13.5 Å². The minimum absolute atomic E-state index is 0.106. The fourth-order valence-corrected chi connectivity index (χ4v) is 8.10. The number of para-hydroxylation sites is 2. The highest BCUT2D eigenvalue weighted by molar-refractivity contribution is 6.17. The quantitative estimate of drug-likeness (QED) is 0.135. The van der Waals surface area contributed by atoms with E-state index < -0.39 is 6.85 Å². The van der Waals surface area contributed by atoms with Gasteiger partial charge in [0.05, 0.1) is 12.6 Å². The zero-order valence-corrected chi connectivity index (χ0v) is 29.9. The van der Waals surface area contributed by atoms with Gasteiger partial charge in [-0.3, -0.25) is 4.98 Å². The number of aryl methyl sites for hydroxylation is 3. The number of rotatable bonds is 5. The van der Waals surface area contributed by atoms with Crippen LogP contribution in [-0.2, 0) is 7.05 Å². The Labute approximate surface area is 302 Å². The molecule has 0 aliphatic carbocycles. The van der Waals surface area contributed by atoms with Crippen molar-refractivity contribution in [1.29, 1.82) is 0 Å². The maximum Gasteiger partial charge on any atom is 0.299 e. The average molecular weight is 668 g/mol. The van der Waals surface area contributed by atoms with E-state index in [1.54, 1.807) is 0 Å². The smallest absolute Gasteiger partial charge is 0.299 e. The molecule has 9 rings (SSSR count). The topological polar surface area (TPSA) is 34.8 Å². The molecule has 0 saturated carbocycles. The lowest BCUT2D eigenvalue weighted by atomic mass is 9.88. The first kappa shape index (κ1) is 28.0. The van der Waals surface area contributed by atoms with Crippen LogP contribution in [-0.4, -0.2) is 9.55 Å². The van der Waals surface area contributed by atoms with E-state index in [0.717, 1.165) is 55.1 Å². The normalized spacial score (nSPS) is 13.3. The van der Waals surface area contributed by atoms with Crippen LogP contribution in [0.4, 0.5) is 0 Å². The summed E-state index contributed by atoms with van der Waals surface area (Å²) in [5.41, 5.74) is 12.7. The van der Waals surface area contributed by atoms with E-state index in [-0.39, 0.29) is 17.5 Å². The van der Waals surface area contributed by atoms with E-state index >= 15 is 0 Å². The summed E-state index contributed by atoms with van der Waals surface area (Å²) in [7, 11) is 2.15. The van der Waals surface area contributed by atoms with E-state index in [1.165, 1.54) is 27.9 Å². The summed E-state index contributed by atoms with van der Waals surface area (Å²) in [5, 5.41) is 4.38. The van der Waals surface area contributed by atoms with Gasteiger partial charge in [-0.25, -0.2) is 4.57 Å². The molecule has 0 saturated heterocycles. The Hall–Kier alpha value is -5.74. The molecule has 0 atom stereocenters. The van der Waals surface area contributed by atoms with Crippen LogP contribution in [0.25, 0.3) is 82.8 Å². The number of benzene rings is 6. The van der Waals surface area contributed by atoms with Crippen LogP contribution >= 0.6 is 0 Å². The summed E-state index contributed by atoms with van der Waals surface area (Å²) >= 11 is 0. The Kier molecular flexibility index (Phi) is 6.41. The first-order chi connectivity index (χ1) is 25.9. The molecular weight excluding hydrogens is 623 g/mol. The second-order valence-electron chi connectivity index (χ2n) is 14.5. The zero-order chi connectivity index (χ0) is 37.6. The van der Waals surface area contributed by atoms with Crippen molar-refractivity contribution >= 4 is 54.6 Å². The summed E-state index contributed by atoms with van der Waals surface area (Å²) in [6.45, 7) is 8.95. The highest BCUT2D eigenvalue weighted by Crippen LogP contribution is 2.44. The summed E-state index contributed by atoms with van der Waals surface area (Å²) in [5.74, 6) is 1.53. The van der Waals surface area contributed by atoms with E-state index in [2.05, 4.69) is 136 Å². The van der Waals surface area contributed by atoms with Crippen LogP contribution < -0.4 is 4.57 Å². The first-order valence-electron chi connectivity index (χ1n) is 19.3. The van der Waals surface area contributed by atoms with Gasteiger partial charge in [-0.1, -0.05) is 107 Å². The van der Waals surface area contributed by atoms with Crippen molar-refractivity contribution in [1.82, 2.24) is 9.55 Å². The Bertz CT molecular complexity index is 2920. The van der Waals surface area contributed by atoms with Gasteiger partial charge in [0.15, 0.2) is 16.6 Å². The Morgan fingerprint density at radius 3 is 2.10 bits per heavy atom. The van der Waals surface area contributed by atoms with Gasteiger partial charge < -0.3 is 4.42 Å². The van der Waals surface area contributed by atoms with Gasteiger partial charge >= 0.3 is 0 Å². The lowest BCUT2D eigenvalue weighted by molar-refractivity contribution is -0.633. The monoisotopic (exact) mass is 667 g/mol. The zero-order valence-electron chi connectivity index (χ0n) is 32.9. The summed E-state index contributed by atoms with van der Waals surface area (Å²) < 4.78 is 36.5. The summed E-state index contributed by atoms with van der Waals surface area (Å²) in [6, 6.07) is 40.1. The molecule has 0 N–H and O–H groups in total. The fourth-order valence-electron chi connectivity index (χ4n) is 8.10. The number of fused-ring (bicyclic) bond motifs is 7. The maximum atomic E-state index is 8.27. The van der Waals surface area contributed by atoms with Crippen molar-refractivity contribution in [3.63, 3.8) is 0 Å². The Balaban J connectivity index is 1.39. The van der Waals surface area contributed by atoms with Gasteiger partial charge in [0.1, 0.15) is 16.8 Å². The van der Waals surface area contributed by atoms with Gasteiger partial charge in [0.25, 0.3) is 5.82 Å². The van der Waals surface area contributed by atoms with Crippen LogP contribution in [0, 0.1) is 13.8 Å². The van der Waals surface area contributed by atoms with E-state index in [0.29, 0.717) is 16.5 Å². The minimum Gasteiger partial charge on any atom is -0.455 e. The van der Waals surface area contributed by atoms with E-state index in [1.807, 2.05) is 30.3 Å². The summed E-state index contributed by atoms with van der Waals surface area (Å²) in [6.07, 6.45) is 0. The van der Waals surface area contributed by atoms with Crippen LogP contribution in [0.15, 0.2) is 120 Å². The molecule has 3 heterocycles. The first-order valence-corrected chi connectivity index (χ1v) is 17.8. The third-order valence-electron chi connectivity index (χ3n) is 10.7. The van der Waals surface area contributed by atoms with Crippen LogP contribution in [0.5, 0.6) is 0 Å². The fraction of sp³-hybridized carbons (Fsp3) is 0.191. The van der Waals surface area contributed by atoms with Crippen molar-refractivity contribution in [2.45, 2.75) is 53.3 Å². The van der Waals surface area contributed by atoms with Gasteiger partial charge in [0, 0.05) is 48.5 Å². The second-order valence-corrected chi connectivity index (χ2v) is 14.5.